The summed E-state index contributed by atoms with van der Waals surface area (Å²) in [6.07, 6.45) is 7.70. The normalized spacial score (nSPS) is 16.8. The zero-order chi connectivity index (χ0) is 21.1. The van der Waals surface area contributed by atoms with Crippen LogP contribution >= 0.6 is 0 Å². The van der Waals surface area contributed by atoms with E-state index in [4.69, 9.17) is 10.9 Å². The van der Waals surface area contributed by atoms with Crippen molar-refractivity contribution in [2.75, 3.05) is 19.6 Å². The minimum absolute atomic E-state index is 0.0251. The van der Waals surface area contributed by atoms with E-state index in [9.17, 15) is 9.59 Å². The van der Waals surface area contributed by atoms with Crippen molar-refractivity contribution in [3.05, 3.63) is 29.6 Å². The number of aromatic nitrogens is 1. The lowest BCUT2D eigenvalue weighted by molar-refractivity contribution is -0.137. The molecule has 0 spiro atoms. The van der Waals surface area contributed by atoms with Gasteiger partial charge in [-0.3, -0.25) is 14.6 Å². The second kappa shape index (κ2) is 12.0. The van der Waals surface area contributed by atoms with Gasteiger partial charge in [0.25, 0.3) is 0 Å². The van der Waals surface area contributed by atoms with E-state index in [2.05, 4.69) is 27.7 Å². The fourth-order valence-electron chi connectivity index (χ4n) is 3.35. The predicted octanol–water partition coefficient (Wildman–Crippen LogP) is 0.953. The fraction of sp³-hybridized carbons (Fsp3) is 0.600. The lowest BCUT2D eigenvalue weighted by Gasteiger charge is -2.24. The van der Waals surface area contributed by atoms with Crippen molar-refractivity contribution in [3.63, 3.8) is 0 Å². The molecule has 1 aromatic heterocycles. The third-order valence-electron chi connectivity index (χ3n) is 5.02. The van der Waals surface area contributed by atoms with Crippen LogP contribution in [0.3, 0.4) is 0 Å². The number of unbranched alkanes of at least 4 members (excludes halogenated alkanes) is 3. The number of likely N-dealkylation sites (tertiary alicyclic amines) is 1. The van der Waals surface area contributed by atoms with E-state index in [1.165, 1.54) is 19.3 Å². The van der Waals surface area contributed by atoms with E-state index in [-0.39, 0.29) is 24.2 Å². The van der Waals surface area contributed by atoms with Gasteiger partial charge < -0.3 is 26.5 Å². The van der Waals surface area contributed by atoms with E-state index < -0.39 is 6.04 Å². The van der Waals surface area contributed by atoms with Crippen LogP contribution in [0.4, 0.5) is 0 Å². The first kappa shape index (κ1) is 22.6. The number of rotatable bonds is 11. The van der Waals surface area contributed by atoms with Gasteiger partial charge in [0.2, 0.25) is 11.8 Å². The summed E-state index contributed by atoms with van der Waals surface area (Å²) < 4.78 is 0. The number of carbonyl (C=O) groups is 2. The second-order valence-corrected chi connectivity index (χ2v) is 7.24. The minimum Gasteiger partial charge on any atom is -0.409 e. The number of hydrogen-bond donors (Lipinski definition) is 4. The molecule has 2 amide bonds. The predicted molar refractivity (Wildman–Crippen MR) is 110 cm³/mol. The largest absolute Gasteiger partial charge is 0.409 e. The van der Waals surface area contributed by atoms with Gasteiger partial charge in [-0.2, -0.15) is 0 Å². The smallest absolute Gasteiger partial charge is 0.243 e. The number of nitrogens with two attached hydrogens (primary N) is 1. The van der Waals surface area contributed by atoms with Gasteiger partial charge in [0.1, 0.15) is 11.7 Å². The van der Waals surface area contributed by atoms with Crippen molar-refractivity contribution in [2.24, 2.45) is 10.9 Å². The number of hydrogen-bond acceptors (Lipinski definition) is 6. The molecule has 1 aliphatic rings. The number of amides is 2. The molecule has 160 valence electrons. The van der Waals surface area contributed by atoms with Crippen LogP contribution in [0.2, 0.25) is 0 Å². The van der Waals surface area contributed by atoms with E-state index in [0.717, 1.165) is 24.9 Å². The Labute approximate surface area is 171 Å². The molecular weight excluding hydrogens is 372 g/mol. The number of oxime groups is 1. The first-order chi connectivity index (χ1) is 14.1. The van der Waals surface area contributed by atoms with Crippen molar-refractivity contribution in [1.29, 1.82) is 0 Å². The molecule has 0 radical (unpaired) electrons. The summed E-state index contributed by atoms with van der Waals surface area (Å²) >= 11 is 0. The summed E-state index contributed by atoms with van der Waals surface area (Å²) in [6.45, 7) is 4.18. The first-order valence-corrected chi connectivity index (χ1v) is 10.3. The molecule has 1 saturated heterocycles. The van der Waals surface area contributed by atoms with Gasteiger partial charge in [0.05, 0.1) is 6.54 Å². The van der Waals surface area contributed by atoms with Crippen LogP contribution in [-0.2, 0) is 16.1 Å². The molecule has 0 aromatic carbocycles. The molecular formula is C20H32N6O3. The van der Waals surface area contributed by atoms with Gasteiger partial charge in [-0.05, 0) is 37.4 Å². The van der Waals surface area contributed by atoms with Crippen molar-refractivity contribution in [3.8, 4) is 0 Å². The molecule has 2 heterocycles. The van der Waals surface area contributed by atoms with Gasteiger partial charge in [0.15, 0.2) is 5.84 Å². The summed E-state index contributed by atoms with van der Waals surface area (Å²) in [6, 6.07) is 2.95. The van der Waals surface area contributed by atoms with E-state index >= 15 is 0 Å². The maximum Gasteiger partial charge on any atom is 0.243 e. The highest BCUT2D eigenvalue weighted by Gasteiger charge is 2.33. The minimum atomic E-state index is -0.422. The Morgan fingerprint density at radius 1 is 1.34 bits per heavy atom. The van der Waals surface area contributed by atoms with Gasteiger partial charge in [-0.15, -0.1) is 0 Å². The quantitative estimate of drug-likeness (QED) is 0.143. The molecule has 29 heavy (non-hydrogen) atoms. The molecule has 9 heteroatoms. The van der Waals surface area contributed by atoms with Crippen molar-refractivity contribution in [1.82, 2.24) is 20.5 Å². The highest BCUT2D eigenvalue weighted by molar-refractivity contribution is 5.95. The third-order valence-corrected chi connectivity index (χ3v) is 5.02. The summed E-state index contributed by atoms with van der Waals surface area (Å²) in [5.74, 6) is -0.248. The Balaban J connectivity index is 1.78. The van der Waals surface area contributed by atoms with Gasteiger partial charge >= 0.3 is 0 Å². The highest BCUT2D eigenvalue weighted by Crippen LogP contribution is 2.17. The Kier molecular flexibility index (Phi) is 9.36. The summed E-state index contributed by atoms with van der Waals surface area (Å²) in [4.78, 5) is 30.8. The summed E-state index contributed by atoms with van der Waals surface area (Å²) in [7, 11) is 0. The van der Waals surface area contributed by atoms with E-state index in [1.54, 1.807) is 23.2 Å². The van der Waals surface area contributed by atoms with Crippen LogP contribution in [0.15, 0.2) is 23.5 Å². The van der Waals surface area contributed by atoms with Crippen LogP contribution < -0.4 is 16.4 Å². The van der Waals surface area contributed by atoms with Crippen LogP contribution in [0.25, 0.3) is 0 Å². The average molecular weight is 405 g/mol. The Morgan fingerprint density at radius 2 is 2.17 bits per heavy atom. The number of pyridine rings is 1. The first-order valence-electron chi connectivity index (χ1n) is 10.3. The van der Waals surface area contributed by atoms with Crippen LogP contribution in [0.1, 0.15) is 56.7 Å². The zero-order valence-electron chi connectivity index (χ0n) is 17.1. The number of nitrogens with one attached hydrogen (secondary N) is 2. The lowest BCUT2D eigenvalue weighted by atomic mass is 10.2. The molecule has 1 atom stereocenters. The molecule has 9 nitrogen and oxygen atoms in total. The highest BCUT2D eigenvalue weighted by atomic mass is 16.4. The Morgan fingerprint density at radius 3 is 2.86 bits per heavy atom. The van der Waals surface area contributed by atoms with Crippen LogP contribution in [0.5, 0.6) is 0 Å². The molecule has 2 rings (SSSR count). The molecule has 5 N–H and O–H groups in total. The summed E-state index contributed by atoms with van der Waals surface area (Å²) in [5, 5.41) is 17.6. The Bertz CT molecular complexity index is 692. The molecule has 0 bridgehead atoms. The van der Waals surface area contributed by atoms with Crippen molar-refractivity contribution in [2.45, 2.75) is 58.0 Å². The van der Waals surface area contributed by atoms with E-state index in [1.807, 2.05) is 0 Å². The molecule has 1 fully saturated rings. The number of carbonyl (C=O) groups excluding carboxylic acids is 2. The number of amidine groups is 1. The molecule has 1 aliphatic heterocycles. The van der Waals surface area contributed by atoms with Gasteiger partial charge in [-0.1, -0.05) is 37.4 Å². The fourth-order valence-corrected chi connectivity index (χ4v) is 3.35. The second-order valence-electron chi connectivity index (χ2n) is 7.24. The van der Waals surface area contributed by atoms with Crippen LogP contribution in [-0.4, -0.2) is 58.4 Å². The van der Waals surface area contributed by atoms with Crippen LogP contribution in [0, 0.1) is 0 Å². The lowest BCUT2D eigenvalue weighted by Crippen LogP contribution is -2.48. The zero-order valence-corrected chi connectivity index (χ0v) is 17.1. The maximum atomic E-state index is 12.6. The molecule has 0 aliphatic carbocycles. The Hall–Kier alpha value is -2.68. The third kappa shape index (κ3) is 7.01. The molecule has 1 aromatic rings. The van der Waals surface area contributed by atoms with Gasteiger partial charge in [-0.25, -0.2) is 0 Å². The summed E-state index contributed by atoms with van der Waals surface area (Å²) in [5.41, 5.74) is 6.63. The SMILES string of the molecule is CCCCCCNCC(=O)N1CCC[C@H]1C(=O)NCc1ccc(/C(N)=N/O)nc1. The monoisotopic (exact) mass is 404 g/mol. The van der Waals surface area contributed by atoms with E-state index in [0.29, 0.717) is 25.2 Å². The van der Waals surface area contributed by atoms with Crippen molar-refractivity contribution >= 4 is 17.6 Å². The maximum absolute atomic E-state index is 12.6. The average Bonchev–Trinajstić information content (AvgIpc) is 3.24. The molecule has 0 unspecified atom stereocenters. The molecule has 0 saturated carbocycles. The van der Waals surface area contributed by atoms with Gasteiger partial charge in [0, 0.05) is 19.3 Å². The standard InChI is InChI=1S/C20H32N6O3/c1-2-3-4-5-10-22-14-18(27)26-11-6-7-17(26)20(28)24-13-15-8-9-16(23-12-15)19(21)25-29/h8-9,12,17,22,29H,2-7,10-11,13-14H2,1H3,(H2,21,25)(H,24,28)/t17-/m0/s1. The van der Waals surface area contributed by atoms with Crippen molar-refractivity contribution < 1.29 is 14.8 Å². The topological polar surface area (TPSA) is 133 Å². The number of nitrogens with zero attached hydrogens (tertiary/aromatic N) is 3.